The van der Waals surface area contributed by atoms with E-state index in [-0.39, 0.29) is 0 Å². The second-order valence-electron chi connectivity index (χ2n) is 22.3. The molecule has 0 fully saturated rings. The third kappa shape index (κ3) is 7.28. The first-order valence-electron chi connectivity index (χ1n) is 28.2. The number of hydrogen-bond acceptors (Lipinski definition) is 0. The van der Waals surface area contributed by atoms with Crippen LogP contribution in [0, 0.1) is 27.7 Å². The highest BCUT2D eigenvalue weighted by atomic mass is 15.0. The van der Waals surface area contributed by atoms with Crippen LogP contribution in [0.3, 0.4) is 0 Å². The van der Waals surface area contributed by atoms with Crippen LogP contribution in [0.5, 0.6) is 0 Å². The van der Waals surface area contributed by atoms with Crippen molar-refractivity contribution >= 4 is 87.0 Å². The minimum atomic E-state index is 1.12. The highest BCUT2D eigenvalue weighted by Crippen LogP contribution is 2.46. The fourth-order valence-corrected chi connectivity index (χ4v) is 13.6. The molecule has 3 nitrogen and oxygen atoms in total. The first kappa shape index (κ1) is 46.8. The van der Waals surface area contributed by atoms with Gasteiger partial charge in [0.2, 0.25) is 0 Å². The van der Waals surface area contributed by atoms with Gasteiger partial charge in [0, 0.05) is 49.4 Å². The molecule has 0 aliphatic heterocycles. The summed E-state index contributed by atoms with van der Waals surface area (Å²) in [6.45, 7) is 8.81. The summed E-state index contributed by atoms with van der Waals surface area (Å²) in [7, 11) is 0. The van der Waals surface area contributed by atoms with E-state index in [2.05, 4.69) is 302 Å². The molecule has 0 amide bonds. The summed E-state index contributed by atoms with van der Waals surface area (Å²) < 4.78 is 7.35. The van der Waals surface area contributed by atoms with Crippen molar-refractivity contribution in [3.05, 3.63) is 283 Å². The number of hydrogen-bond donors (Lipinski definition) is 0. The van der Waals surface area contributed by atoms with Gasteiger partial charge in [0.05, 0.1) is 33.1 Å². The number of benzene rings is 13. The minimum Gasteiger partial charge on any atom is -0.309 e. The molecule has 16 aromatic rings. The second-order valence-corrected chi connectivity index (χ2v) is 22.3. The Hall–Kier alpha value is -10.2. The summed E-state index contributed by atoms with van der Waals surface area (Å²) in [6, 6.07) is 97.6. The molecule has 0 aliphatic rings. The molecule has 13 aromatic carbocycles. The van der Waals surface area contributed by atoms with E-state index in [9.17, 15) is 0 Å². The quantitative estimate of drug-likeness (QED) is 0.141. The van der Waals surface area contributed by atoms with Crippen LogP contribution in [0.25, 0.3) is 149 Å². The van der Waals surface area contributed by atoms with Gasteiger partial charge in [-0.25, -0.2) is 0 Å². The monoisotopic (exact) mass is 1030 g/mol. The normalized spacial score (nSPS) is 12.0. The molecule has 16 rings (SSSR count). The summed E-state index contributed by atoms with van der Waals surface area (Å²) in [5, 5.41) is 12.5. The maximum atomic E-state index is 2.47. The Bertz CT molecular complexity index is 4970. The Balaban J connectivity index is 0.890. The lowest BCUT2D eigenvalue weighted by atomic mass is 9.86. The van der Waals surface area contributed by atoms with Crippen molar-refractivity contribution in [1.29, 1.82) is 0 Å². The minimum absolute atomic E-state index is 1.12. The average molecular weight is 1030 g/mol. The number of rotatable bonds is 7. The molecule has 0 radical (unpaired) electrons. The highest BCUT2D eigenvalue weighted by Gasteiger charge is 2.21. The first-order valence-corrected chi connectivity index (χ1v) is 28.2. The van der Waals surface area contributed by atoms with Gasteiger partial charge in [-0.05, 0) is 202 Å². The van der Waals surface area contributed by atoms with Crippen molar-refractivity contribution in [2.45, 2.75) is 27.7 Å². The maximum Gasteiger partial charge on any atom is 0.0541 e. The first-order chi connectivity index (χ1) is 39.8. The van der Waals surface area contributed by atoms with Crippen LogP contribution in [0.1, 0.15) is 22.3 Å². The number of para-hydroxylation sites is 2. The van der Waals surface area contributed by atoms with Gasteiger partial charge < -0.3 is 13.7 Å². The molecule has 0 bridgehead atoms. The van der Waals surface area contributed by atoms with E-state index in [1.807, 2.05) is 0 Å². The van der Waals surface area contributed by atoms with Gasteiger partial charge in [-0.15, -0.1) is 0 Å². The van der Waals surface area contributed by atoms with Gasteiger partial charge in [-0.2, -0.15) is 0 Å². The number of nitrogens with zero attached hydrogens (tertiary/aromatic N) is 3. The summed E-state index contributed by atoms with van der Waals surface area (Å²) in [6.07, 6.45) is 0. The predicted molar refractivity (Wildman–Crippen MR) is 345 cm³/mol. The summed E-state index contributed by atoms with van der Waals surface area (Å²) >= 11 is 0. The molecule has 3 aromatic heterocycles. The molecule has 81 heavy (non-hydrogen) atoms. The fraction of sp³-hybridized carbons (Fsp3) is 0.0513. The van der Waals surface area contributed by atoms with Crippen molar-refractivity contribution in [3.63, 3.8) is 0 Å². The van der Waals surface area contributed by atoms with Crippen molar-refractivity contribution in [2.75, 3.05) is 0 Å². The zero-order valence-electron chi connectivity index (χ0n) is 45.7. The third-order valence-electron chi connectivity index (χ3n) is 17.4. The molecule has 382 valence electrons. The SMILES string of the molecule is Cc1ccc2c(c1)c1cc(-c3ccc4c(c3)c3cc(-c5ccc6c(c5)c5cc(C)ccc5n6-c5ccccc5C)ccc3n4-c3ccc(-c4c5ccccc5c(-c5ccccc5)c5ccccc45)cc3)ccc1n2-c1ccccc1C. The molecule has 0 saturated carbocycles. The van der Waals surface area contributed by atoms with Crippen LogP contribution in [0.2, 0.25) is 0 Å². The smallest absolute Gasteiger partial charge is 0.0541 e. The van der Waals surface area contributed by atoms with Gasteiger partial charge in [-0.3, -0.25) is 0 Å². The Kier molecular flexibility index (Phi) is 10.5. The van der Waals surface area contributed by atoms with Gasteiger partial charge in [0.25, 0.3) is 0 Å². The number of fused-ring (bicyclic) bond motifs is 11. The van der Waals surface area contributed by atoms with Crippen molar-refractivity contribution in [3.8, 4) is 61.6 Å². The van der Waals surface area contributed by atoms with Crippen molar-refractivity contribution in [1.82, 2.24) is 13.7 Å². The predicted octanol–water partition coefficient (Wildman–Crippen LogP) is 21.2. The lowest BCUT2D eigenvalue weighted by Crippen LogP contribution is -1.96. The lowest BCUT2D eigenvalue weighted by molar-refractivity contribution is 1.15. The summed E-state index contributed by atoms with van der Waals surface area (Å²) in [5.41, 5.74) is 25.5. The largest absolute Gasteiger partial charge is 0.309 e. The molecule has 0 unspecified atom stereocenters. The second kappa shape index (κ2) is 18.2. The van der Waals surface area contributed by atoms with Crippen LogP contribution < -0.4 is 0 Å². The van der Waals surface area contributed by atoms with Crippen molar-refractivity contribution in [2.24, 2.45) is 0 Å². The van der Waals surface area contributed by atoms with E-state index in [1.54, 1.807) is 0 Å². The Morgan fingerprint density at radius 1 is 0.210 bits per heavy atom. The van der Waals surface area contributed by atoms with E-state index < -0.39 is 0 Å². The average Bonchev–Trinajstić information content (AvgIpc) is 4.30. The Morgan fingerprint density at radius 2 is 0.506 bits per heavy atom. The Morgan fingerprint density at radius 3 is 0.889 bits per heavy atom. The van der Waals surface area contributed by atoms with Gasteiger partial charge in [0.1, 0.15) is 0 Å². The topological polar surface area (TPSA) is 14.8 Å². The van der Waals surface area contributed by atoms with Gasteiger partial charge in [-0.1, -0.05) is 175 Å². The fourth-order valence-electron chi connectivity index (χ4n) is 13.6. The molecule has 3 heteroatoms. The molecular weight excluding hydrogens is 979 g/mol. The Labute approximate surface area is 470 Å². The maximum absolute atomic E-state index is 2.47. The van der Waals surface area contributed by atoms with Crippen LogP contribution in [-0.2, 0) is 0 Å². The zero-order chi connectivity index (χ0) is 54.0. The standard InChI is InChI=1S/C78H55N3/c1-48-26-36-73-63(42-48)65-44-56(32-40-75(65)80(73)69-24-14-8-16-50(69)3)54-30-38-71-67(46-54)68-47-55(57-33-41-76-66(45-57)64-43-49(2)27-37-74(64)81(76)70-25-15-9-17-51(70)4)31-39-72(68)79(71)58-34-28-53(29-35-58)78-61-22-12-10-20-59(61)77(52-18-6-5-7-19-52)60-21-11-13-23-62(60)78/h5-47H,1-4H3. The molecular formula is C78H55N3. The highest BCUT2D eigenvalue weighted by molar-refractivity contribution is 6.22. The number of aromatic nitrogens is 3. The van der Waals surface area contributed by atoms with Crippen LogP contribution in [0.4, 0.5) is 0 Å². The van der Waals surface area contributed by atoms with Gasteiger partial charge in [0.15, 0.2) is 0 Å². The van der Waals surface area contributed by atoms with E-state index in [0.717, 1.165) is 5.69 Å². The van der Waals surface area contributed by atoms with E-state index in [4.69, 9.17) is 0 Å². The van der Waals surface area contributed by atoms with E-state index in [0.29, 0.717) is 0 Å². The van der Waals surface area contributed by atoms with Gasteiger partial charge >= 0.3 is 0 Å². The molecule has 0 N–H and O–H groups in total. The molecule has 0 saturated heterocycles. The summed E-state index contributed by atoms with van der Waals surface area (Å²) in [5.74, 6) is 0. The van der Waals surface area contributed by atoms with E-state index in [1.165, 1.54) is 165 Å². The van der Waals surface area contributed by atoms with Crippen LogP contribution in [-0.4, -0.2) is 13.7 Å². The van der Waals surface area contributed by atoms with Crippen LogP contribution in [0.15, 0.2) is 261 Å². The summed E-state index contributed by atoms with van der Waals surface area (Å²) in [4.78, 5) is 0. The molecule has 0 aliphatic carbocycles. The number of aryl methyl sites for hydroxylation is 4. The third-order valence-corrected chi connectivity index (χ3v) is 17.4. The zero-order valence-corrected chi connectivity index (χ0v) is 45.7. The van der Waals surface area contributed by atoms with Crippen LogP contribution >= 0.6 is 0 Å². The molecule has 0 atom stereocenters. The van der Waals surface area contributed by atoms with E-state index >= 15 is 0 Å². The molecule has 0 spiro atoms. The van der Waals surface area contributed by atoms with Crippen molar-refractivity contribution < 1.29 is 0 Å². The lowest BCUT2D eigenvalue weighted by Gasteiger charge is -2.18. The molecule has 3 heterocycles.